The number of hydrogen-bond acceptors (Lipinski definition) is 3. The lowest BCUT2D eigenvalue weighted by atomic mass is 10.0. The van der Waals surface area contributed by atoms with Crippen molar-refractivity contribution in [2.45, 2.75) is 33.1 Å². The van der Waals surface area contributed by atoms with Crippen molar-refractivity contribution in [1.82, 2.24) is 10.3 Å². The summed E-state index contributed by atoms with van der Waals surface area (Å²) in [4.78, 5) is 4.32. The number of ether oxygens (including phenoxy) is 1. The second-order valence-electron chi connectivity index (χ2n) is 6.00. The van der Waals surface area contributed by atoms with Gasteiger partial charge in [-0.3, -0.25) is 0 Å². The highest BCUT2D eigenvalue weighted by atomic mass is 19.3. The van der Waals surface area contributed by atoms with E-state index in [-0.39, 0.29) is 5.56 Å². The zero-order valence-electron chi connectivity index (χ0n) is 15.5. The van der Waals surface area contributed by atoms with Crippen LogP contribution in [0.25, 0.3) is 5.57 Å². The fourth-order valence-electron chi connectivity index (χ4n) is 2.55. The summed E-state index contributed by atoms with van der Waals surface area (Å²) in [7, 11) is 1.85. The first-order chi connectivity index (χ1) is 12.4. The monoisotopic (exact) mass is 358 g/mol. The Morgan fingerprint density at radius 1 is 1.23 bits per heavy atom. The summed E-state index contributed by atoms with van der Waals surface area (Å²) in [5.74, 6) is -1.96. The highest BCUT2D eigenvalue weighted by molar-refractivity contribution is 5.72. The van der Waals surface area contributed by atoms with Crippen LogP contribution in [0.2, 0.25) is 0 Å². The lowest BCUT2D eigenvalue weighted by Gasteiger charge is -2.14. The Bertz CT molecular complexity index is 790. The minimum absolute atomic E-state index is 0.0485. The summed E-state index contributed by atoms with van der Waals surface area (Å²) >= 11 is 0. The van der Waals surface area contributed by atoms with Gasteiger partial charge in [-0.15, -0.1) is 0 Å². The Balaban J connectivity index is 2.35. The molecule has 0 radical (unpaired) electrons. The van der Waals surface area contributed by atoms with Crippen molar-refractivity contribution < 1.29 is 13.5 Å². The van der Waals surface area contributed by atoms with Crippen molar-refractivity contribution in [2.24, 2.45) is 0 Å². The van der Waals surface area contributed by atoms with E-state index in [1.807, 2.05) is 38.4 Å². The number of nitrogens with zero attached hydrogens (tertiary/aromatic N) is 1. The predicted molar refractivity (Wildman–Crippen MR) is 101 cm³/mol. The van der Waals surface area contributed by atoms with Crippen molar-refractivity contribution in [3.8, 4) is 11.6 Å². The maximum Gasteiger partial charge on any atom is 0.270 e. The zero-order valence-corrected chi connectivity index (χ0v) is 15.5. The summed E-state index contributed by atoms with van der Waals surface area (Å²) in [5, 5.41) is 2.99. The Hall–Kier alpha value is -2.69. The number of pyridine rings is 1. The molecule has 1 aromatic carbocycles. The second-order valence-corrected chi connectivity index (χ2v) is 6.00. The van der Waals surface area contributed by atoms with Gasteiger partial charge in [0.05, 0.1) is 0 Å². The summed E-state index contributed by atoms with van der Waals surface area (Å²) in [5.41, 5.74) is 3.03. The SMILES string of the molecule is CCC(/C=C\NC)=C(/C)c1cccnc1Oc1ccc(C(C)(F)F)cc1. The van der Waals surface area contributed by atoms with E-state index in [1.54, 1.807) is 6.20 Å². The quantitative estimate of drug-likeness (QED) is 0.626. The maximum atomic E-state index is 13.3. The van der Waals surface area contributed by atoms with E-state index < -0.39 is 5.92 Å². The van der Waals surface area contributed by atoms with Gasteiger partial charge < -0.3 is 10.1 Å². The van der Waals surface area contributed by atoms with E-state index in [0.717, 1.165) is 30.1 Å². The van der Waals surface area contributed by atoms with Gasteiger partial charge in [0.2, 0.25) is 5.88 Å². The van der Waals surface area contributed by atoms with Crippen molar-refractivity contribution in [1.29, 1.82) is 0 Å². The number of aromatic nitrogens is 1. The summed E-state index contributed by atoms with van der Waals surface area (Å²) < 4.78 is 32.6. The summed E-state index contributed by atoms with van der Waals surface area (Å²) in [6, 6.07) is 9.59. The molecule has 5 heteroatoms. The average molecular weight is 358 g/mol. The van der Waals surface area contributed by atoms with E-state index in [9.17, 15) is 8.78 Å². The van der Waals surface area contributed by atoms with Crippen LogP contribution < -0.4 is 10.1 Å². The first-order valence-electron chi connectivity index (χ1n) is 8.52. The van der Waals surface area contributed by atoms with E-state index in [0.29, 0.717) is 11.6 Å². The van der Waals surface area contributed by atoms with Crippen LogP contribution in [-0.4, -0.2) is 12.0 Å². The molecule has 0 aliphatic carbocycles. The molecule has 1 N–H and O–H groups in total. The van der Waals surface area contributed by atoms with Crippen LogP contribution in [0.3, 0.4) is 0 Å². The van der Waals surface area contributed by atoms with Crippen LogP contribution in [0.1, 0.15) is 38.3 Å². The van der Waals surface area contributed by atoms with Crippen LogP contribution in [-0.2, 0) is 5.92 Å². The third-order valence-electron chi connectivity index (χ3n) is 4.06. The van der Waals surface area contributed by atoms with Gasteiger partial charge in [-0.1, -0.05) is 6.92 Å². The molecule has 1 heterocycles. The molecule has 26 heavy (non-hydrogen) atoms. The minimum Gasteiger partial charge on any atom is -0.438 e. The first-order valence-corrected chi connectivity index (χ1v) is 8.52. The number of halogens is 2. The van der Waals surface area contributed by atoms with Crippen LogP contribution in [0.15, 0.2) is 60.4 Å². The highest BCUT2D eigenvalue weighted by Gasteiger charge is 2.23. The second kappa shape index (κ2) is 8.61. The first kappa shape index (κ1) is 19.6. The average Bonchev–Trinajstić information content (AvgIpc) is 2.62. The zero-order chi connectivity index (χ0) is 19.2. The van der Waals surface area contributed by atoms with Crippen LogP contribution in [0.5, 0.6) is 11.6 Å². The molecule has 2 rings (SSSR count). The lowest BCUT2D eigenvalue weighted by Crippen LogP contribution is -2.06. The van der Waals surface area contributed by atoms with E-state index in [1.165, 1.54) is 24.3 Å². The van der Waals surface area contributed by atoms with Gasteiger partial charge in [0.1, 0.15) is 5.75 Å². The summed E-state index contributed by atoms with van der Waals surface area (Å²) in [6.07, 6.45) is 6.40. The maximum absolute atomic E-state index is 13.3. The highest BCUT2D eigenvalue weighted by Crippen LogP contribution is 2.33. The fourth-order valence-corrected chi connectivity index (χ4v) is 2.55. The van der Waals surface area contributed by atoms with Crippen molar-refractivity contribution >= 4 is 5.57 Å². The molecule has 0 aliphatic heterocycles. The molecule has 2 aromatic rings. The molecule has 0 spiro atoms. The Morgan fingerprint density at radius 2 is 1.92 bits per heavy atom. The van der Waals surface area contributed by atoms with Gasteiger partial charge >= 0.3 is 0 Å². The van der Waals surface area contributed by atoms with Crippen molar-refractivity contribution in [2.75, 3.05) is 7.05 Å². The number of benzene rings is 1. The number of alkyl halides is 2. The molecule has 0 saturated carbocycles. The number of allylic oxidation sites excluding steroid dienone is 3. The molecule has 0 unspecified atom stereocenters. The molecule has 0 atom stereocenters. The number of nitrogens with one attached hydrogen (secondary N) is 1. The van der Waals surface area contributed by atoms with Gasteiger partial charge in [-0.2, -0.15) is 0 Å². The lowest BCUT2D eigenvalue weighted by molar-refractivity contribution is 0.0174. The van der Waals surface area contributed by atoms with Gasteiger partial charge in [0.15, 0.2) is 0 Å². The van der Waals surface area contributed by atoms with Crippen LogP contribution in [0, 0.1) is 0 Å². The number of rotatable bonds is 7. The third kappa shape index (κ3) is 4.91. The Kier molecular flexibility index (Phi) is 6.50. The molecule has 0 aliphatic rings. The number of hydrogen-bond donors (Lipinski definition) is 1. The molecular formula is C21H24F2N2O. The summed E-state index contributed by atoms with van der Waals surface area (Å²) in [6.45, 7) is 4.97. The standard InChI is InChI=1S/C21H24F2N2O/c1-5-16(12-14-24-4)15(2)19-7-6-13-25-20(19)26-18-10-8-17(9-11-18)21(3,22)23/h6-14,24H,5H2,1-4H3/b14-12-,16-15+. The Morgan fingerprint density at radius 3 is 2.50 bits per heavy atom. The van der Waals surface area contributed by atoms with Gasteiger partial charge in [-0.05, 0) is 73.2 Å². The fraction of sp³-hybridized carbons (Fsp3) is 0.286. The van der Waals surface area contributed by atoms with Gasteiger partial charge in [-0.25, -0.2) is 13.8 Å². The van der Waals surface area contributed by atoms with E-state index in [2.05, 4.69) is 17.2 Å². The minimum atomic E-state index is -2.87. The molecule has 0 bridgehead atoms. The largest absolute Gasteiger partial charge is 0.438 e. The molecule has 138 valence electrons. The molecule has 0 fully saturated rings. The topological polar surface area (TPSA) is 34.2 Å². The van der Waals surface area contributed by atoms with E-state index in [4.69, 9.17) is 4.74 Å². The molecule has 0 saturated heterocycles. The smallest absolute Gasteiger partial charge is 0.270 e. The molecule has 0 amide bonds. The normalized spacial score (nSPS) is 12.8. The molecule has 3 nitrogen and oxygen atoms in total. The third-order valence-corrected chi connectivity index (χ3v) is 4.06. The predicted octanol–water partition coefficient (Wildman–Crippen LogP) is 5.90. The molecular weight excluding hydrogens is 334 g/mol. The van der Waals surface area contributed by atoms with Crippen LogP contribution >= 0.6 is 0 Å². The van der Waals surface area contributed by atoms with E-state index >= 15 is 0 Å². The van der Waals surface area contributed by atoms with Gasteiger partial charge in [0, 0.05) is 31.3 Å². The van der Waals surface area contributed by atoms with Crippen molar-refractivity contribution in [3.63, 3.8) is 0 Å². The van der Waals surface area contributed by atoms with Crippen LogP contribution in [0.4, 0.5) is 8.78 Å². The molecule has 1 aromatic heterocycles. The Labute approximate surface area is 153 Å². The van der Waals surface area contributed by atoms with Gasteiger partial charge in [0.25, 0.3) is 5.92 Å². The van der Waals surface area contributed by atoms with Crippen molar-refractivity contribution in [3.05, 3.63) is 71.6 Å².